The van der Waals surface area contributed by atoms with Gasteiger partial charge in [0, 0.05) is 45.7 Å². The van der Waals surface area contributed by atoms with E-state index in [0.29, 0.717) is 11.4 Å². The number of fused-ring (bicyclic) bond motifs is 2. The molecule has 4 heterocycles. The van der Waals surface area contributed by atoms with E-state index in [0.717, 1.165) is 22.7 Å². The molecule has 0 fully saturated rings. The van der Waals surface area contributed by atoms with Gasteiger partial charge in [0.15, 0.2) is 5.78 Å². The average molecular weight is 403 g/mol. The van der Waals surface area contributed by atoms with Crippen LogP contribution in [0, 0.1) is 13.8 Å². The highest BCUT2D eigenvalue weighted by atomic mass is 16.1. The zero-order valence-corrected chi connectivity index (χ0v) is 17.8. The van der Waals surface area contributed by atoms with Crippen molar-refractivity contribution < 1.29 is 9.59 Å². The summed E-state index contributed by atoms with van der Waals surface area (Å²) in [6, 6.07) is 11.4. The minimum atomic E-state index is -0.0325. The molecule has 0 atom stereocenters. The SMILES string of the molecule is CC(=O)c1c(C)nc2ccccn12.Cc1nc2ccccn2c1C(=O)/C=C/N(C)C. The lowest BCUT2D eigenvalue weighted by Gasteiger charge is -2.03. The normalized spacial score (nSPS) is 11.0. The first-order valence-electron chi connectivity index (χ1n) is 9.57. The second-order valence-electron chi connectivity index (χ2n) is 7.15. The Hall–Kier alpha value is -3.74. The van der Waals surface area contributed by atoms with Crippen LogP contribution in [0.25, 0.3) is 11.3 Å². The molecule has 0 spiro atoms. The van der Waals surface area contributed by atoms with Crippen LogP contribution in [0.3, 0.4) is 0 Å². The highest BCUT2D eigenvalue weighted by Crippen LogP contribution is 2.13. The predicted molar refractivity (Wildman–Crippen MR) is 117 cm³/mol. The number of allylic oxidation sites excluding steroid dienone is 1. The smallest absolute Gasteiger partial charge is 0.205 e. The fourth-order valence-corrected chi connectivity index (χ4v) is 3.24. The maximum atomic E-state index is 12.1. The van der Waals surface area contributed by atoms with E-state index in [1.54, 1.807) is 19.2 Å². The lowest BCUT2D eigenvalue weighted by molar-refractivity contribution is 0.100. The lowest BCUT2D eigenvalue weighted by Crippen LogP contribution is -2.06. The van der Waals surface area contributed by atoms with Gasteiger partial charge in [-0.05, 0) is 38.1 Å². The molecule has 0 aromatic carbocycles. The predicted octanol–water partition coefficient (Wildman–Crippen LogP) is 3.75. The molecule has 0 unspecified atom stereocenters. The van der Waals surface area contributed by atoms with Gasteiger partial charge in [0.2, 0.25) is 5.78 Å². The average Bonchev–Trinajstić information content (AvgIpc) is 3.21. The van der Waals surface area contributed by atoms with E-state index in [1.165, 1.54) is 0 Å². The van der Waals surface area contributed by atoms with Gasteiger partial charge in [0.25, 0.3) is 0 Å². The van der Waals surface area contributed by atoms with Gasteiger partial charge in [-0.25, -0.2) is 9.97 Å². The van der Waals surface area contributed by atoms with Crippen LogP contribution in [0.2, 0.25) is 0 Å². The number of aryl methyl sites for hydroxylation is 2. The fraction of sp³-hybridized carbons (Fsp3) is 0.217. The largest absolute Gasteiger partial charge is 0.383 e. The van der Waals surface area contributed by atoms with E-state index in [4.69, 9.17) is 0 Å². The Bertz CT molecular complexity index is 1250. The summed E-state index contributed by atoms with van der Waals surface area (Å²) in [6.07, 6.45) is 7.01. The van der Waals surface area contributed by atoms with Gasteiger partial charge in [-0.15, -0.1) is 0 Å². The lowest BCUT2D eigenvalue weighted by atomic mass is 10.2. The van der Waals surface area contributed by atoms with Crippen LogP contribution in [-0.2, 0) is 0 Å². The van der Waals surface area contributed by atoms with Gasteiger partial charge in [-0.1, -0.05) is 12.1 Å². The number of hydrogen-bond donors (Lipinski definition) is 0. The van der Waals surface area contributed by atoms with Crippen LogP contribution < -0.4 is 0 Å². The minimum absolute atomic E-state index is 0.0325. The van der Waals surface area contributed by atoms with Crippen LogP contribution in [-0.4, -0.2) is 49.3 Å². The van der Waals surface area contributed by atoms with Gasteiger partial charge in [-0.2, -0.15) is 0 Å². The number of rotatable bonds is 4. The van der Waals surface area contributed by atoms with Crippen molar-refractivity contribution in [3.05, 3.63) is 83.8 Å². The number of pyridine rings is 2. The molecule has 30 heavy (non-hydrogen) atoms. The van der Waals surface area contributed by atoms with Crippen LogP contribution in [0.1, 0.15) is 39.3 Å². The molecule has 7 heteroatoms. The van der Waals surface area contributed by atoms with Crippen molar-refractivity contribution in [1.82, 2.24) is 23.7 Å². The Morgan fingerprint density at radius 3 is 1.87 bits per heavy atom. The van der Waals surface area contributed by atoms with Gasteiger partial charge in [0.1, 0.15) is 22.7 Å². The molecule has 154 valence electrons. The van der Waals surface area contributed by atoms with Crippen molar-refractivity contribution in [3.63, 3.8) is 0 Å². The Kier molecular flexibility index (Phi) is 6.11. The molecule has 0 aliphatic rings. The van der Waals surface area contributed by atoms with E-state index in [1.807, 2.05) is 90.4 Å². The summed E-state index contributed by atoms with van der Waals surface area (Å²) in [4.78, 5) is 33.8. The van der Waals surface area contributed by atoms with Crippen LogP contribution in [0.5, 0.6) is 0 Å². The second-order valence-corrected chi connectivity index (χ2v) is 7.15. The summed E-state index contributed by atoms with van der Waals surface area (Å²) in [5, 5.41) is 0. The number of ketones is 2. The summed E-state index contributed by atoms with van der Waals surface area (Å²) in [5.41, 5.74) is 4.47. The first-order chi connectivity index (χ1) is 14.3. The monoisotopic (exact) mass is 403 g/mol. The van der Waals surface area contributed by atoms with Crippen molar-refractivity contribution in [2.45, 2.75) is 20.8 Å². The van der Waals surface area contributed by atoms with Gasteiger partial charge in [-0.3, -0.25) is 18.4 Å². The van der Waals surface area contributed by atoms with E-state index in [9.17, 15) is 9.59 Å². The summed E-state index contributed by atoms with van der Waals surface area (Å²) in [6.45, 7) is 5.26. The number of carbonyl (C=O) groups excluding carboxylic acids is 2. The first kappa shape index (κ1) is 21.0. The number of imidazole rings is 2. The topological polar surface area (TPSA) is 72.0 Å². The maximum Gasteiger partial charge on any atom is 0.205 e. The molecule has 0 N–H and O–H groups in total. The van der Waals surface area contributed by atoms with E-state index in [2.05, 4.69) is 9.97 Å². The molecule has 0 saturated carbocycles. The molecule has 7 nitrogen and oxygen atoms in total. The quantitative estimate of drug-likeness (QED) is 0.383. The molecule has 4 rings (SSSR count). The maximum absolute atomic E-state index is 12.1. The summed E-state index contributed by atoms with van der Waals surface area (Å²) < 4.78 is 3.63. The molecule has 0 saturated heterocycles. The molecule has 0 bridgehead atoms. The molecular formula is C23H25N5O2. The zero-order valence-electron chi connectivity index (χ0n) is 17.8. The molecule has 0 aliphatic carbocycles. The fourth-order valence-electron chi connectivity index (χ4n) is 3.24. The Labute approximate surface area is 175 Å². The Morgan fingerprint density at radius 1 is 0.867 bits per heavy atom. The van der Waals surface area contributed by atoms with E-state index >= 15 is 0 Å². The highest BCUT2D eigenvalue weighted by molar-refractivity contribution is 6.04. The minimum Gasteiger partial charge on any atom is -0.383 e. The number of aromatic nitrogens is 4. The third-order valence-electron chi connectivity index (χ3n) is 4.50. The molecular weight excluding hydrogens is 378 g/mol. The number of hydrogen-bond acceptors (Lipinski definition) is 5. The number of nitrogens with zero attached hydrogens (tertiary/aromatic N) is 5. The first-order valence-corrected chi connectivity index (χ1v) is 9.57. The highest BCUT2D eigenvalue weighted by Gasteiger charge is 2.13. The summed E-state index contributed by atoms with van der Waals surface area (Å²) in [5.74, 6) is 0.0195. The van der Waals surface area contributed by atoms with Crippen molar-refractivity contribution >= 4 is 22.9 Å². The van der Waals surface area contributed by atoms with Crippen molar-refractivity contribution in [2.24, 2.45) is 0 Å². The zero-order chi connectivity index (χ0) is 21.8. The molecule has 0 aliphatic heterocycles. The molecule has 4 aromatic heterocycles. The van der Waals surface area contributed by atoms with Gasteiger partial charge < -0.3 is 4.90 Å². The van der Waals surface area contributed by atoms with Gasteiger partial charge >= 0.3 is 0 Å². The number of Topliss-reactive ketones (excluding diaryl/α,β-unsaturated/α-hetero) is 1. The number of carbonyl (C=O) groups is 2. The van der Waals surface area contributed by atoms with Crippen LogP contribution >= 0.6 is 0 Å². The third kappa shape index (κ3) is 4.30. The van der Waals surface area contributed by atoms with Crippen molar-refractivity contribution in [2.75, 3.05) is 14.1 Å². The van der Waals surface area contributed by atoms with Crippen LogP contribution in [0.15, 0.2) is 61.1 Å². The van der Waals surface area contributed by atoms with E-state index in [-0.39, 0.29) is 11.6 Å². The summed E-state index contributed by atoms with van der Waals surface area (Å²) >= 11 is 0. The summed E-state index contributed by atoms with van der Waals surface area (Å²) in [7, 11) is 3.76. The molecule has 4 aromatic rings. The van der Waals surface area contributed by atoms with E-state index < -0.39 is 0 Å². The third-order valence-corrected chi connectivity index (χ3v) is 4.50. The Balaban J connectivity index is 0.000000177. The van der Waals surface area contributed by atoms with Gasteiger partial charge in [0.05, 0.1) is 11.4 Å². The van der Waals surface area contributed by atoms with Crippen molar-refractivity contribution in [3.8, 4) is 0 Å². The Morgan fingerprint density at radius 2 is 1.37 bits per heavy atom. The standard InChI is InChI=1S/C13H15N3O.C10H10N2O/c1-10-13(11(17)7-9-15(2)3)16-8-5-4-6-12(16)14-10;1-7-10(8(2)13)12-6-4-3-5-9(12)11-7/h4-9H,1-3H3;3-6H,1-2H3/b9-7+;. The van der Waals surface area contributed by atoms with Crippen LogP contribution in [0.4, 0.5) is 0 Å². The second kappa shape index (κ2) is 8.73. The molecule has 0 radical (unpaired) electrons. The van der Waals surface area contributed by atoms with Crippen molar-refractivity contribution in [1.29, 1.82) is 0 Å². The molecule has 0 amide bonds.